The van der Waals surface area contributed by atoms with Crippen molar-refractivity contribution in [3.63, 3.8) is 0 Å². The van der Waals surface area contributed by atoms with Gasteiger partial charge in [-0.05, 0) is 31.2 Å². The molecule has 92 valence electrons. The van der Waals surface area contributed by atoms with Crippen molar-refractivity contribution < 1.29 is 4.42 Å². The Kier molecular flexibility index (Phi) is 4.24. The quantitative estimate of drug-likeness (QED) is 0.800. The third-order valence-electron chi connectivity index (χ3n) is 2.17. The van der Waals surface area contributed by atoms with Crippen LogP contribution in [0.15, 0.2) is 33.9 Å². The number of halogens is 1. The minimum atomic E-state index is -0.0409. The van der Waals surface area contributed by atoms with E-state index in [4.69, 9.17) is 21.3 Å². The van der Waals surface area contributed by atoms with E-state index >= 15 is 0 Å². The summed E-state index contributed by atoms with van der Waals surface area (Å²) in [6.07, 6.45) is 0. The molecule has 0 N–H and O–H groups in total. The molecule has 0 spiro atoms. The molecule has 0 aliphatic heterocycles. The van der Waals surface area contributed by atoms with E-state index in [0.717, 1.165) is 5.56 Å². The van der Waals surface area contributed by atoms with Crippen LogP contribution < -0.4 is 0 Å². The summed E-state index contributed by atoms with van der Waals surface area (Å²) in [5.41, 5.74) is 0.826. The lowest BCUT2D eigenvalue weighted by molar-refractivity contribution is 0.465. The van der Waals surface area contributed by atoms with Crippen molar-refractivity contribution in [2.24, 2.45) is 5.92 Å². The van der Waals surface area contributed by atoms with Crippen molar-refractivity contribution >= 4 is 23.4 Å². The van der Waals surface area contributed by atoms with Gasteiger partial charge in [0.25, 0.3) is 5.22 Å². The van der Waals surface area contributed by atoms with Crippen LogP contribution in [0.1, 0.15) is 6.92 Å². The molecule has 0 aliphatic rings. The van der Waals surface area contributed by atoms with Gasteiger partial charge in [0, 0.05) is 16.3 Å². The van der Waals surface area contributed by atoms with Gasteiger partial charge in [-0.25, -0.2) is 0 Å². The molecule has 0 bridgehead atoms. The smallest absolute Gasteiger partial charge is 0.276 e. The highest BCUT2D eigenvalue weighted by Gasteiger charge is 2.10. The van der Waals surface area contributed by atoms with E-state index in [2.05, 4.69) is 16.3 Å². The molecule has 0 aliphatic carbocycles. The first-order valence-electron chi connectivity index (χ1n) is 5.31. The Morgan fingerprint density at radius 2 is 2.11 bits per heavy atom. The number of hydrogen-bond acceptors (Lipinski definition) is 5. The molecule has 18 heavy (non-hydrogen) atoms. The van der Waals surface area contributed by atoms with Crippen LogP contribution in [0.3, 0.4) is 0 Å². The average Bonchev–Trinajstić information content (AvgIpc) is 2.85. The normalized spacial score (nSPS) is 12.1. The molecule has 2 rings (SSSR count). The Hall–Kier alpha value is -1.51. The molecule has 0 radical (unpaired) electrons. The molecule has 4 nitrogen and oxygen atoms in total. The number of nitriles is 1. The minimum absolute atomic E-state index is 0.0409. The molecule has 0 unspecified atom stereocenters. The standard InChI is InChI=1S/C12H10ClN3OS/c1-8(6-14)7-18-12-16-15-11(17-12)9-2-4-10(13)5-3-9/h2-5,8H,7H2,1H3/t8-/m0/s1. The van der Waals surface area contributed by atoms with Crippen LogP contribution in [0.5, 0.6) is 0 Å². The number of benzene rings is 1. The number of hydrogen-bond donors (Lipinski definition) is 0. The molecule has 6 heteroatoms. The van der Waals surface area contributed by atoms with Crippen LogP contribution in [-0.2, 0) is 0 Å². The molecule has 2 aromatic rings. The molecular weight excluding hydrogens is 270 g/mol. The lowest BCUT2D eigenvalue weighted by atomic mass is 10.2. The second kappa shape index (κ2) is 5.89. The Morgan fingerprint density at radius 3 is 2.78 bits per heavy atom. The van der Waals surface area contributed by atoms with Gasteiger partial charge in [-0.3, -0.25) is 0 Å². The van der Waals surface area contributed by atoms with Gasteiger partial charge in [-0.1, -0.05) is 23.4 Å². The third kappa shape index (κ3) is 3.25. The number of aromatic nitrogens is 2. The van der Waals surface area contributed by atoms with Crippen molar-refractivity contribution in [2.45, 2.75) is 12.1 Å². The molecule has 1 aromatic heterocycles. The third-order valence-corrected chi connectivity index (χ3v) is 3.51. The predicted octanol–water partition coefficient (Wildman–Crippen LogP) is 3.64. The first-order chi connectivity index (χ1) is 8.69. The van der Waals surface area contributed by atoms with Gasteiger partial charge in [-0.2, -0.15) is 5.26 Å². The lowest BCUT2D eigenvalue weighted by Crippen LogP contribution is -1.92. The summed E-state index contributed by atoms with van der Waals surface area (Å²) in [5, 5.41) is 17.7. The Morgan fingerprint density at radius 1 is 1.39 bits per heavy atom. The number of thioether (sulfide) groups is 1. The van der Waals surface area contributed by atoms with Gasteiger partial charge >= 0.3 is 0 Å². The maximum Gasteiger partial charge on any atom is 0.276 e. The van der Waals surface area contributed by atoms with Crippen molar-refractivity contribution in [1.29, 1.82) is 5.26 Å². The van der Waals surface area contributed by atoms with Crippen molar-refractivity contribution in [3.05, 3.63) is 29.3 Å². The molecule has 1 atom stereocenters. The van der Waals surface area contributed by atoms with Gasteiger partial charge in [0.15, 0.2) is 0 Å². The lowest BCUT2D eigenvalue weighted by Gasteiger charge is -1.97. The van der Waals surface area contributed by atoms with E-state index in [1.807, 2.05) is 19.1 Å². The molecular formula is C12H10ClN3OS. The van der Waals surface area contributed by atoms with Gasteiger partial charge < -0.3 is 4.42 Å². The highest BCUT2D eigenvalue weighted by molar-refractivity contribution is 7.99. The summed E-state index contributed by atoms with van der Waals surface area (Å²) >= 11 is 7.19. The fraction of sp³-hybridized carbons (Fsp3) is 0.250. The highest BCUT2D eigenvalue weighted by atomic mass is 35.5. The zero-order valence-electron chi connectivity index (χ0n) is 9.63. The SMILES string of the molecule is C[C@@H](C#N)CSc1nnc(-c2ccc(Cl)cc2)o1. The first kappa shape index (κ1) is 12.9. The monoisotopic (exact) mass is 279 g/mol. The maximum absolute atomic E-state index is 8.68. The van der Waals surface area contributed by atoms with Gasteiger partial charge in [0.1, 0.15) is 0 Å². The molecule has 0 saturated carbocycles. The van der Waals surface area contributed by atoms with Gasteiger partial charge in [0.05, 0.1) is 12.0 Å². The number of nitrogens with zero attached hydrogens (tertiary/aromatic N) is 3. The largest absolute Gasteiger partial charge is 0.411 e. The Labute approximate surface area is 114 Å². The topological polar surface area (TPSA) is 62.7 Å². The minimum Gasteiger partial charge on any atom is -0.411 e. The van der Waals surface area contributed by atoms with E-state index in [9.17, 15) is 0 Å². The average molecular weight is 280 g/mol. The second-order valence-electron chi connectivity index (χ2n) is 3.72. The van der Waals surface area contributed by atoms with Crippen molar-refractivity contribution in [3.8, 4) is 17.5 Å². The van der Waals surface area contributed by atoms with Crippen LogP contribution in [0.2, 0.25) is 5.02 Å². The maximum atomic E-state index is 8.68. The van der Waals surface area contributed by atoms with E-state index in [1.165, 1.54) is 11.8 Å². The van der Waals surface area contributed by atoms with Crippen LogP contribution in [0, 0.1) is 17.2 Å². The highest BCUT2D eigenvalue weighted by Crippen LogP contribution is 2.25. The first-order valence-corrected chi connectivity index (χ1v) is 6.67. The summed E-state index contributed by atoms with van der Waals surface area (Å²) in [4.78, 5) is 0. The fourth-order valence-electron chi connectivity index (χ4n) is 1.21. The zero-order valence-corrected chi connectivity index (χ0v) is 11.2. The van der Waals surface area contributed by atoms with Crippen LogP contribution in [0.25, 0.3) is 11.5 Å². The van der Waals surface area contributed by atoms with E-state index < -0.39 is 0 Å². The molecule has 1 heterocycles. The molecule has 0 saturated heterocycles. The summed E-state index contributed by atoms with van der Waals surface area (Å²) in [7, 11) is 0. The zero-order chi connectivity index (χ0) is 13.0. The van der Waals surface area contributed by atoms with Crippen LogP contribution in [0.4, 0.5) is 0 Å². The van der Waals surface area contributed by atoms with Gasteiger partial charge in [0.2, 0.25) is 5.89 Å². The van der Waals surface area contributed by atoms with Crippen LogP contribution >= 0.6 is 23.4 Å². The van der Waals surface area contributed by atoms with Gasteiger partial charge in [-0.15, -0.1) is 10.2 Å². The van der Waals surface area contributed by atoms with E-state index in [0.29, 0.717) is 21.9 Å². The van der Waals surface area contributed by atoms with Crippen molar-refractivity contribution in [1.82, 2.24) is 10.2 Å². The van der Waals surface area contributed by atoms with E-state index in [1.54, 1.807) is 12.1 Å². The fourth-order valence-corrected chi connectivity index (χ4v) is 2.04. The Bertz CT molecular complexity index is 561. The Balaban J connectivity index is 2.06. The van der Waals surface area contributed by atoms with Crippen LogP contribution in [-0.4, -0.2) is 16.0 Å². The predicted molar refractivity (Wildman–Crippen MR) is 70.2 cm³/mol. The number of rotatable bonds is 4. The molecule has 1 aromatic carbocycles. The summed E-state index contributed by atoms with van der Waals surface area (Å²) in [6.45, 7) is 1.85. The van der Waals surface area contributed by atoms with Crippen molar-refractivity contribution in [2.75, 3.05) is 5.75 Å². The summed E-state index contributed by atoms with van der Waals surface area (Å²) < 4.78 is 5.49. The summed E-state index contributed by atoms with van der Waals surface area (Å²) in [5.74, 6) is 1.05. The summed E-state index contributed by atoms with van der Waals surface area (Å²) in [6, 6.07) is 9.34. The molecule has 0 amide bonds. The second-order valence-corrected chi connectivity index (χ2v) is 5.13. The molecule has 0 fully saturated rings. The van der Waals surface area contributed by atoms with E-state index in [-0.39, 0.29) is 5.92 Å².